The van der Waals surface area contributed by atoms with E-state index in [0.717, 1.165) is 0 Å². The zero-order valence-electron chi connectivity index (χ0n) is 15.7. The Morgan fingerprint density at radius 3 is 2.17 bits per heavy atom. The van der Waals surface area contributed by atoms with Crippen LogP contribution >= 0.6 is 23.2 Å². The number of carbonyl (C=O) groups is 1. The summed E-state index contributed by atoms with van der Waals surface area (Å²) < 4.78 is 15.5. The Kier molecular flexibility index (Phi) is 7.20. The molecule has 1 aliphatic rings. The number of ether oxygens (including phenoxy) is 3. The molecule has 0 radical (unpaired) electrons. The molecule has 0 aliphatic carbocycles. The molecule has 4 N–H and O–H groups in total. The van der Waals surface area contributed by atoms with Gasteiger partial charge in [-0.3, -0.25) is 0 Å². The Morgan fingerprint density at radius 2 is 1.63 bits per heavy atom. The van der Waals surface area contributed by atoms with E-state index in [1.54, 1.807) is 24.3 Å². The number of benzene rings is 2. The summed E-state index contributed by atoms with van der Waals surface area (Å²) >= 11 is 12.7. The number of aliphatic hydroxyl groups excluding tert-OH is 4. The van der Waals surface area contributed by atoms with Crippen LogP contribution in [0.3, 0.4) is 0 Å². The molecule has 1 saturated heterocycles. The van der Waals surface area contributed by atoms with Gasteiger partial charge in [0.15, 0.2) is 0 Å². The van der Waals surface area contributed by atoms with Crippen LogP contribution in [-0.4, -0.2) is 70.8 Å². The topological polar surface area (TPSA) is 126 Å². The van der Waals surface area contributed by atoms with Crippen LogP contribution in [0.15, 0.2) is 36.4 Å². The van der Waals surface area contributed by atoms with Crippen molar-refractivity contribution >= 4 is 29.2 Å². The summed E-state index contributed by atoms with van der Waals surface area (Å²) in [7, 11) is 1.29. The van der Waals surface area contributed by atoms with E-state index < -0.39 is 43.3 Å². The number of aliphatic hydroxyl groups is 4. The Bertz CT molecular complexity index is 879. The van der Waals surface area contributed by atoms with Crippen LogP contribution in [0.1, 0.15) is 10.4 Å². The number of hydrogen-bond donors (Lipinski definition) is 4. The van der Waals surface area contributed by atoms with Gasteiger partial charge in [-0.2, -0.15) is 0 Å². The van der Waals surface area contributed by atoms with E-state index in [1.165, 1.54) is 19.2 Å². The standard InChI is InChI=1S/C20H20Cl2O8/c1-28-19(27)10-4-2-9(3-5-10)15-12(21)6-11(7-13(15)22)29-20-18(26)17(25)16(24)14(8-23)30-20/h2-7,14,16-18,20,23-26H,8H2,1H3/t14?,16-,17+,18?,20+/m1/s1. The summed E-state index contributed by atoms with van der Waals surface area (Å²) in [5, 5.41) is 39.5. The summed E-state index contributed by atoms with van der Waals surface area (Å²) in [6, 6.07) is 9.37. The van der Waals surface area contributed by atoms with Crippen molar-refractivity contribution in [1.29, 1.82) is 0 Å². The van der Waals surface area contributed by atoms with Crippen molar-refractivity contribution in [2.45, 2.75) is 30.7 Å². The van der Waals surface area contributed by atoms with Crippen LogP contribution in [-0.2, 0) is 9.47 Å². The molecule has 162 valence electrons. The van der Waals surface area contributed by atoms with Crippen molar-refractivity contribution in [2.75, 3.05) is 13.7 Å². The van der Waals surface area contributed by atoms with Crippen LogP contribution < -0.4 is 4.74 Å². The molecule has 30 heavy (non-hydrogen) atoms. The third-order valence-electron chi connectivity index (χ3n) is 4.71. The summed E-state index contributed by atoms with van der Waals surface area (Å²) in [5.74, 6) is -0.328. The van der Waals surface area contributed by atoms with Crippen molar-refractivity contribution in [3.8, 4) is 16.9 Å². The Labute approximate surface area is 182 Å². The molecule has 10 heteroatoms. The normalized spacial score (nSPS) is 26.3. The maximum absolute atomic E-state index is 11.6. The summed E-state index contributed by atoms with van der Waals surface area (Å²) in [6.07, 6.45) is -7.09. The van der Waals surface area contributed by atoms with E-state index in [2.05, 4.69) is 4.74 Å². The Balaban J connectivity index is 1.83. The van der Waals surface area contributed by atoms with E-state index in [-0.39, 0.29) is 15.8 Å². The van der Waals surface area contributed by atoms with Crippen LogP contribution in [0.5, 0.6) is 5.75 Å². The lowest BCUT2D eigenvalue weighted by Crippen LogP contribution is -2.60. The van der Waals surface area contributed by atoms with Crippen molar-refractivity contribution < 1.29 is 39.4 Å². The minimum atomic E-state index is -1.57. The highest BCUT2D eigenvalue weighted by atomic mass is 35.5. The maximum Gasteiger partial charge on any atom is 0.337 e. The lowest BCUT2D eigenvalue weighted by Gasteiger charge is -2.39. The third kappa shape index (κ3) is 4.55. The lowest BCUT2D eigenvalue weighted by atomic mass is 9.99. The molecular weight excluding hydrogens is 439 g/mol. The van der Waals surface area contributed by atoms with Crippen LogP contribution in [0, 0.1) is 0 Å². The first kappa shape index (κ1) is 22.8. The SMILES string of the molecule is COC(=O)c1ccc(-c2c(Cl)cc(O[C@H]3OC(CO)[C@@H](O)[C@H](O)C3O)cc2Cl)cc1. The van der Waals surface area contributed by atoms with Crippen molar-refractivity contribution in [1.82, 2.24) is 0 Å². The maximum atomic E-state index is 11.6. The highest BCUT2D eigenvalue weighted by molar-refractivity contribution is 6.39. The fourth-order valence-electron chi connectivity index (χ4n) is 3.08. The smallest absolute Gasteiger partial charge is 0.337 e. The quantitative estimate of drug-likeness (QED) is 0.498. The van der Waals surface area contributed by atoms with Gasteiger partial charge in [0.1, 0.15) is 30.2 Å². The Morgan fingerprint density at radius 1 is 1.03 bits per heavy atom. The second kappa shape index (κ2) is 9.49. The molecule has 0 aromatic heterocycles. The molecule has 5 atom stereocenters. The molecule has 8 nitrogen and oxygen atoms in total. The van der Waals surface area contributed by atoms with Crippen molar-refractivity contribution in [3.63, 3.8) is 0 Å². The molecule has 1 heterocycles. The minimum absolute atomic E-state index is 0.143. The molecule has 0 bridgehead atoms. The first-order chi connectivity index (χ1) is 14.3. The largest absolute Gasteiger partial charge is 0.465 e. The molecule has 2 unspecified atom stereocenters. The van der Waals surface area contributed by atoms with Gasteiger partial charge in [-0.1, -0.05) is 35.3 Å². The van der Waals surface area contributed by atoms with Gasteiger partial charge in [0.25, 0.3) is 0 Å². The second-order valence-electron chi connectivity index (χ2n) is 6.65. The molecule has 2 aromatic carbocycles. The van der Waals surface area contributed by atoms with E-state index >= 15 is 0 Å². The van der Waals surface area contributed by atoms with Crippen molar-refractivity contribution in [3.05, 3.63) is 52.0 Å². The lowest BCUT2D eigenvalue weighted by molar-refractivity contribution is -0.277. The molecule has 0 amide bonds. The van der Waals surface area contributed by atoms with Gasteiger partial charge < -0.3 is 34.6 Å². The molecule has 0 saturated carbocycles. The van der Waals surface area contributed by atoms with E-state index in [4.69, 9.17) is 32.7 Å². The van der Waals surface area contributed by atoms with Gasteiger partial charge in [0.05, 0.1) is 29.3 Å². The third-order valence-corrected chi connectivity index (χ3v) is 5.31. The number of carbonyl (C=O) groups excluding carboxylic acids is 1. The molecule has 1 fully saturated rings. The molecular formula is C20H20Cl2O8. The number of halogens is 2. The number of esters is 1. The fraction of sp³-hybridized carbons (Fsp3) is 0.350. The number of hydrogen-bond acceptors (Lipinski definition) is 8. The Hall–Kier alpha value is -1.91. The minimum Gasteiger partial charge on any atom is -0.465 e. The summed E-state index contributed by atoms with van der Waals surface area (Å²) in [5.41, 5.74) is 1.52. The van der Waals surface area contributed by atoms with Crippen LogP contribution in [0.4, 0.5) is 0 Å². The van der Waals surface area contributed by atoms with Gasteiger partial charge in [0, 0.05) is 5.56 Å². The van der Waals surface area contributed by atoms with E-state index in [1.807, 2.05) is 0 Å². The summed E-state index contributed by atoms with van der Waals surface area (Å²) in [6.45, 7) is -0.577. The highest BCUT2D eigenvalue weighted by Gasteiger charge is 2.44. The second-order valence-corrected chi connectivity index (χ2v) is 7.46. The summed E-state index contributed by atoms with van der Waals surface area (Å²) in [4.78, 5) is 11.6. The van der Waals surface area contributed by atoms with Crippen LogP contribution in [0.25, 0.3) is 11.1 Å². The van der Waals surface area contributed by atoms with Crippen molar-refractivity contribution in [2.24, 2.45) is 0 Å². The van der Waals surface area contributed by atoms with Gasteiger partial charge >= 0.3 is 5.97 Å². The van der Waals surface area contributed by atoms with E-state index in [9.17, 15) is 25.2 Å². The van der Waals surface area contributed by atoms with Gasteiger partial charge in [-0.25, -0.2) is 4.79 Å². The molecule has 1 aliphatic heterocycles. The van der Waals surface area contributed by atoms with Gasteiger partial charge in [-0.15, -0.1) is 0 Å². The zero-order valence-corrected chi connectivity index (χ0v) is 17.2. The average molecular weight is 459 g/mol. The number of methoxy groups -OCH3 is 1. The van der Waals surface area contributed by atoms with E-state index in [0.29, 0.717) is 16.7 Å². The monoisotopic (exact) mass is 458 g/mol. The number of rotatable bonds is 5. The fourth-order valence-corrected chi connectivity index (χ4v) is 3.77. The average Bonchev–Trinajstić information content (AvgIpc) is 2.73. The highest BCUT2D eigenvalue weighted by Crippen LogP contribution is 2.39. The van der Waals surface area contributed by atoms with Crippen LogP contribution in [0.2, 0.25) is 10.0 Å². The predicted octanol–water partition coefficient (Wildman–Crippen LogP) is 1.63. The first-order valence-electron chi connectivity index (χ1n) is 8.91. The zero-order chi connectivity index (χ0) is 22.0. The molecule has 3 rings (SSSR count). The predicted molar refractivity (Wildman–Crippen MR) is 108 cm³/mol. The first-order valence-corrected chi connectivity index (χ1v) is 9.67. The molecule has 0 spiro atoms. The van der Waals surface area contributed by atoms with Gasteiger partial charge in [0.2, 0.25) is 6.29 Å². The van der Waals surface area contributed by atoms with Gasteiger partial charge in [-0.05, 0) is 29.8 Å². The molecule has 2 aromatic rings.